The smallest absolute Gasteiger partial charge is 0.256 e. The van der Waals surface area contributed by atoms with Crippen molar-refractivity contribution in [3.63, 3.8) is 0 Å². The molecular formula is C25H25FN6O3. The summed E-state index contributed by atoms with van der Waals surface area (Å²) in [5, 5.41) is 5.37. The summed E-state index contributed by atoms with van der Waals surface area (Å²) in [6, 6.07) is 13.6. The van der Waals surface area contributed by atoms with Gasteiger partial charge in [-0.25, -0.2) is 19.0 Å². The molecule has 9 nitrogen and oxygen atoms in total. The van der Waals surface area contributed by atoms with E-state index in [0.717, 1.165) is 22.6 Å². The Morgan fingerprint density at radius 3 is 2.43 bits per heavy atom. The van der Waals surface area contributed by atoms with Crippen molar-refractivity contribution in [3.8, 4) is 11.4 Å². The van der Waals surface area contributed by atoms with Crippen molar-refractivity contribution in [3.05, 3.63) is 71.9 Å². The number of piperazine rings is 1. The Bertz CT molecular complexity index is 1350. The molecule has 2 aromatic heterocycles. The van der Waals surface area contributed by atoms with Gasteiger partial charge in [0, 0.05) is 33.3 Å². The lowest BCUT2D eigenvalue weighted by Crippen LogP contribution is -2.49. The molecule has 3 heterocycles. The second-order valence-corrected chi connectivity index (χ2v) is 8.15. The minimum absolute atomic E-state index is 0.0912. The largest absolute Gasteiger partial charge is 0.497 e. The molecular weight excluding hydrogens is 451 g/mol. The SMILES string of the molecule is COCc1nc(N2CCN(C(=O)c3ccccc3F)CC2)c2cnn(-c3ccc(OC)cc3)c2n1. The van der Waals surface area contributed by atoms with Crippen LogP contribution in [0, 0.1) is 5.82 Å². The number of aromatic nitrogens is 4. The number of nitrogens with zero attached hydrogens (tertiary/aromatic N) is 6. The van der Waals surface area contributed by atoms with E-state index >= 15 is 0 Å². The number of carbonyl (C=O) groups is 1. The summed E-state index contributed by atoms with van der Waals surface area (Å²) >= 11 is 0. The molecule has 1 aliphatic rings. The van der Waals surface area contributed by atoms with Gasteiger partial charge in [0.2, 0.25) is 0 Å². The first-order valence-electron chi connectivity index (χ1n) is 11.3. The highest BCUT2D eigenvalue weighted by Gasteiger charge is 2.26. The maximum atomic E-state index is 14.1. The van der Waals surface area contributed by atoms with Crippen LogP contribution >= 0.6 is 0 Å². The molecule has 2 aromatic carbocycles. The molecule has 1 aliphatic heterocycles. The lowest BCUT2D eigenvalue weighted by atomic mass is 10.1. The number of anilines is 1. The summed E-state index contributed by atoms with van der Waals surface area (Å²) in [7, 11) is 3.22. The van der Waals surface area contributed by atoms with Gasteiger partial charge in [-0.1, -0.05) is 12.1 Å². The van der Waals surface area contributed by atoms with Crippen molar-refractivity contribution < 1.29 is 18.7 Å². The van der Waals surface area contributed by atoms with E-state index in [1.807, 2.05) is 24.3 Å². The van der Waals surface area contributed by atoms with Crippen molar-refractivity contribution in [1.29, 1.82) is 0 Å². The van der Waals surface area contributed by atoms with Gasteiger partial charge in [0.25, 0.3) is 5.91 Å². The van der Waals surface area contributed by atoms with Crippen molar-refractivity contribution in [2.75, 3.05) is 45.3 Å². The van der Waals surface area contributed by atoms with Gasteiger partial charge in [0.15, 0.2) is 11.5 Å². The first-order chi connectivity index (χ1) is 17.1. The molecule has 0 aliphatic carbocycles. The number of hydrogen-bond donors (Lipinski definition) is 0. The molecule has 35 heavy (non-hydrogen) atoms. The topological polar surface area (TPSA) is 85.6 Å². The van der Waals surface area contributed by atoms with Gasteiger partial charge in [-0.3, -0.25) is 4.79 Å². The van der Waals surface area contributed by atoms with Crippen LogP contribution in [0.1, 0.15) is 16.2 Å². The number of rotatable bonds is 6. The second kappa shape index (κ2) is 9.67. The zero-order valence-electron chi connectivity index (χ0n) is 19.5. The Kier molecular flexibility index (Phi) is 6.28. The highest BCUT2D eigenvalue weighted by atomic mass is 19.1. The average Bonchev–Trinajstić information content (AvgIpc) is 3.32. The van der Waals surface area contributed by atoms with Gasteiger partial charge in [-0.15, -0.1) is 0 Å². The Morgan fingerprint density at radius 2 is 1.74 bits per heavy atom. The molecule has 0 N–H and O–H groups in total. The Hall–Kier alpha value is -4.05. The summed E-state index contributed by atoms with van der Waals surface area (Å²) < 4.78 is 26.4. The number of fused-ring (bicyclic) bond motifs is 1. The highest BCUT2D eigenvalue weighted by Crippen LogP contribution is 2.28. The summed E-state index contributed by atoms with van der Waals surface area (Å²) in [5.41, 5.74) is 1.60. The van der Waals surface area contributed by atoms with E-state index in [2.05, 4.69) is 10.00 Å². The molecule has 0 saturated carbocycles. The molecule has 0 bridgehead atoms. The first-order valence-corrected chi connectivity index (χ1v) is 11.3. The zero-order chi connectivity index (χ0) is 24.4. The molecule has 0 spiro atoms. The van der Waals surface area contributed by atoms with E-state index in [4.69, 9.17) is 19.4 Å². The van der Waals surface area contributed by atoms with E-state index < -0.39 is 5.82 Å². The van der Waals surface area contributed by atoms with Gasteiger partial charge >= 0.3 is 0 Å². The van der Waals surface area contributed by atoms with Gasteiger partial charge in [0.1, 0.15) is 24.0 Å². The second-order valence-electron chi connectivity index (χ2n) is 8.15. The summed E-state index contributed by atoms with van der Waals surface area (Å²) in [6.07, 6.45) is 1.75. The molecule has 4 aromatic rings. The van der Waals surface area contributed by atoms with Crippen LogP contribution in [0.3, 0.4) is 0 Å². The van der Waals surface area contributed by atoms with E-state index in [-0.39, 0.29) is 18.1 Å². The predicted octanol–water partition coefficient (Wildman–Crippen LogP) is 3.07. The maximum Gasteiger partial charge on any atom is 0.256 e. The standard InChI is InChI=1S/C25H25FN6O3/c1-34-16-22-28-23(20-15-27-32(24(20)29-22)17-7-9-18(35-2)10-8-17)30-11-13-31(14-12-30)25(33)19-5-3-4-6-21(19)26/h3-10,15H,11-14,16H2,1-2H3. The van der Waals surface area contributed by atoms with Crippen molar-refractivity contribution in [1.82, 2.24) is 24.6 Å². The summed E-state index contributed by atoms with van der Waals surface area (Å²) in [5.74, 6) is 1.22. The van der Waals surface area contributed by atoms with Gasteiger partial charge < -0.3 is 19.3 Å². The molecule has 1 fully saturated rings. The van der Waals surface area contributed by atoms with Crippen LogP contribution in [0.25, 0.3) is 16.7 Å². The Morgan fingerprint density at radius 1 is 1.00 bits per heavy atom. The number of ether oxygens (including phenoxy) is 2. The number of halogens is 1. The fourth-order valence-electron chi connectivity index (χ4n) is 4.21. The predicted molar refractivity (Wildman–Crippen MR) is 128 cm³/mol. The zero-order valence-corrected chi connectivity index (χ0v) is 19.5. The number of amides is 1. The number of hydrogen-bond acceptors (Lipinski definition) is 7. The lowest BCUT2D eigenvalue weighted by molar-refractivity contribution is 0.0742. The Balaban J connectivity index is 1.43. The van der Waals surface area contributed by atoms with E-state index in [1.165, 1.54) is 12.1 Å². The van der Waals surface area contributed by atoms with Crippen molar-refractivity contribution in [2.24, 2.45) is 0 Å². The third-order valence-corrected chi connectivity index (χ3v) is 6.02. The van der Waals surface area contributed by atoms with E-state index in [9.17, 15) is 9.18 Å². The molecule has 5 rings (SSSR count). The maximum absolute atomic E-state index is 14.1. The van der Waals surface area contributed by atoms with E-state index in [0.29, 0.717) is 37.7 Å². The monoisotopic (exact) mass is 476 g/mol. The molecule has 10 heteroatoms. The van der Waals surface area contributed by atoms with Crippen LogP contribution in [0.15, 0.2) is 54.7 Å². The molecule has 0 atom stereocenters. The fourth-order valence-corrected chi connectivity index (χ4v) is 4.21. The van der Waals surface area contributed by atoms with Crippen LogP contribution in [0.4, 0.5) is 10.2 Å². The Labute approximate surface area is 201 Å². The molecule has 0 radical (unpaired) electrons. The fraction of sp³-hybridized carbons (Fsp3) is 0.280. The van der Waals surface area contributed by atoms with Crippen molar-refractivity contribution >= 4 is 22.8 Å². The van der Waals surface area contributed by atoms with Crippen LogP contribution in [-0.4, -0.2) is 71.0 Å². The lowest BCUT2D eigenvalue weighted by Gasteiger charge is -2.35. The molecule has 1 amide bonds. The van der Waals surface area contributed by atoms with E-state index in [1.54, 1.807) is 42.1 Å². The minimum Gasteiger partial charge on any atom is -0.497 e. The normalized spacial score (nSPS) is 13.9. The number of benzene rings is 2. The van der Waals surface area contributed by atoms with Gasteiger partial charge in [0.05, 0.1) is 29.9 Å². The minimum atomic E-state index is -0.507. The number of methoxy groups -OCH3 is 2. The summed E-state index contributed by atoms with van der Waals surface area (Å²) in [4.78, 5) is 26.0. The van der Waals surface area contributed by atoms with Crippen LogP contribution in [-0.2, 0) is 11.3 Å². The van der Waals surface area contributed by atoms with Gasteiger partial charge in [-0.2, -0.15) is 5.10 Å². The van der Waals surface area contributed by atoms with Crippen LogP contribution in [0.5, 0.6) is 5.75 Å². The third-order valence-electron chi connectivity index (χ3n) is 6.02. The third kappa shape index (κ3) is 4.40. The van der Waals surface area contributed by atoms with Gasteiger partial charge in [-0.05, 0) is 36.4 Å². The highest BCUT2D eigenvalue weighted by molar-refractivity contribution is 5.95. The van der Waals surface area contributed by atoms with Crippen LogP contribution in [0.2, 0.25) is 0 Å². The molecule has 180 valence electrons. The van der Waals surface area contributed by atoms with Crippen LogP contribution < -0.4 is 9.64 Å². The quantitative estimate of drug-likeness (QED) is 0.423. The van der Waals surface area contributed by atoms with Crippen molar-refractivity contribution in [2.45, 2.75) is 6.61 Å². The number of carbonyl (C=O) groups excluding carboxylic acids is 1. The average molecular weight is 477 g/mol. The summed E-state index contributed by atoms with van der Waals surface area (Å²) in [6.45, 7) is 2.25. The first kappa shape index (κ1) is 22.7. The molecule has 1 saturated heterocycles. The molecule has 0 unspecified atom stereocenters.